The predicted molar refractivity (Wildman–Crippen MR) is 74.7 cm³/mol. The van der Waals surface area contributed by atoms with Gasteiger partial charge in [0.1, 0.15) is 12.1 Å². The largest absolute Gasteiger partial charge is 0.464 e. The molecule has 3 rings (SSSR count). The summed E-state index contributed by atoms with van der Waals surface area (Å²) >= 11 is 0. The molecular formula is C14H22N4O3. The van der Waals surface area contributed by atoms with Gasteiger partial charge in [0.2, 0.25) is 0 Å². The van der Waals surface area contributed by atoms with Gasteiger partial charge in [0.15, 0.2) is 11.6 Å². The molecule has 1 aromatic rings. The number of cyclic esters (lactones) is 1. The van der Waals surface area contributed by atoms with Crippen LogP contribution in [0.2, 0.25) is 0 Å². The zero-order valence-corrected chi connectivity index (χ0v) is 12.8. The monoisotopic (exact) mass is 294 g/mol. The van der Waals surface area contributed by atoms with Gasteiger partial charge < -0.3 is 9.47 Å². The summed E-state index contributed by atoms with van der Waals surface area (Å²) in [6.45, 7) is 8.70. The van der Waals surface area contributed by atoms with Crippen molar-refractivity contribution in [3.05, 3.63) is 11.6 Å². The fourth-order valence-corrected chi connectivity index (χ4v) is 2.69. The summed E-state index contributed by atoms with van der Waals surface area (Å²) in [4.78, 5) is 18.4. The number of ether oxygens (including phenoxy) is 2. The lowest BCUT2D eigenvalue weighted by molar-refractivity contribution is -0.144. The van der Waals surface area contributed by atoms with Crippen LogP contribution in [0.25, 0.3) is 0 Å². The number of carbonyl (C=O) groups excluding carboxylic acids is 1. The fraction of sp³-hybridized carbons (Fsp3) is 0.786. The first-order chi connectivity index (χ1) is 9.95. The molecule has 3 heterocycles. The molecule has 2 aliphatic heterocycles. The van der Waals surface area contributed by atoms with Crippen LogP contribution in [-0.4, -0.2) is 58.4 Å². The van der Waals surface area contributed by atoms with Gasteiger partial charge in [-0.1, -0.05) is 20.8 Å². The van der Waals surface area contributed by atoms with Gasteiger partial charge in [0, 0.05) is 24.9 Å². The van der Waals surface area contributed by atoms with Crippen molar-refractivity contribution in [1.29, 1.82) is 0 Å². The van der Waals surface area contributed by atoms with Crippen molar-refractivity contribution in [1.82, 2.24) is 20.1 Å². The van der Waals surface area contributed by atoms with Crippen LogP contribution in [0.1, 0.15) is 44.9 Å². The number of carbonyl (C=O) groups is 1. The van der Waals surface area contributed by atoms with Crippen molar-refractivity contribution in [3.63, 3.8) is 0 Å². The molecule has 2 saturated heterocycles. The van der Waals surface area contributed by atoms with E-state index in [1.807, 2.05) is 0 Å². The van der Waals surface area contributed by atoms with Crippen LogP contribution < -0.4 is 0 Å². The summed E-state index contributed by atoms with van der Waals surface area (Å²) in [6.07, 6.45) is 0.589. The fourth-order valence-electron chi connectivity index (χ4n) is 2.69. The molecule has 0 aliphatic carbocycles. The van der Waals surface area contributed by atoms with Gasteiger partial charge in [0.25, 0.3) is 0 Å². The second kappa shape index (κ2) is 5.38. The molecule has 2 fully saturated rings. The van der Waals surface area contributed by atoms with E-state index < -0.39 is 0 Å². The maximum atomic E-state index is 11.7. The smallest absolute Gasteiger partial charge is 0.323 e. The zero-order valence-electron chi connectivity index (χ0n) is 12.8. The Morgan fingerprint density at radius 1 is 1.33 bits per heavy atom. The first kappa shape index (κ1) is 14.5. The van der Waals surface area contributed by atoms with E-state index >= 15 is 0 Å². The van der Waals surface area contributed by atoms with E-state index in [2.05, 4.69) is 40.9 Å². The number of nitrogens with zero attached hydrogens (tertiary/aromatic N) is 3. The minimum absolute atomic E-state index is 0.0988. The van der Waals surface area contributed by atoms with Crippen LogP contribution in [0.15, 0.2) is 0 Å². The second-order valence-electron chi connectivity index (χ2n) is 6.62. The predicted octanol–water partition coefficient (Wildman–Crippen LogP) is 0.791. The Balaban J connectivity index is 1.71. The molecule has 21 heavy (non-hydrogen) atoms. The van der Waals surface area contributed by atoms with Crippen molar-refractivity contribution in [2.24, 2.45) is 0 Å². The number of rotatable bonds is 2. The molecule has 0 amide bonds. The average Bonchev–Trinajstić information content (AvgIpc) is 3.06. The highest BCUT2D eigenvalue weighted by Gasteiger charge is 2.36. The van der Waals surface area contributed by atoms with Gasteiger partial charge in [-0.05, 0) is 0 Å². The van der Waals surface area contributed by atoms with Crippen LogP contribution in [0.5, 0.6) is 0 Å². The number of H-pyrrole nitrogens is 1. The number of nitrogens with one attached hydrogen (secondary N) is 1. The molecule has 7 nitrogen and oxygen atoms in total. The van der Waals surface area contributed by atoms with Crippen molar-refractivity contribution >= 4 is 5.97 Å². The molecule has 1 N–H and O–H groups in total. The lowest BCUT2D eigenvalue weighted by Crippen LogP contribution is -2.46. The third-order valence-corrected chi connectivity index (χ3v) is 3.92. The summed E-state index contributed by atoms with van der Waals surface area (Å²) < 4.78 is 10.8. The first-order valence-electron chi connectivity index (χ1n) is 7.40. The molecule has 2 atom stereocenters. The first-order valence-corrected chi connectivity index (χ1v) is 7.40. The third kappa shape index (κ3) is 2.94. The highest BCUT2D eigenvalue weighted by Crippen LogP contribution is 2.25. The lowest BCUT2D eigenvalue weighted by atomic mass is 9.96. The minimum atomic E-state index is -0.171. The highest BCUT2D eigenvalue weighted by atomic mass is 16.5. The molecule has 2 aliphatic rings. The Hall–Kier alpha value is -1.47. The van der Waals surface area contributed by atoms with Gasteiger partial charge >= 0.3 is 5.97 Å². The highest BCUT2D eigenvalue weighted by molar-refractivity contribution is 5.77. The molecular weight excluding hydrogens is 272 g/mol. The zero-order chi connectivity index (χ0) is 15.0. The quantitative estimate of drug-likeness (QED) is 0.812. The maximum Gasteiger partial charge on any atom is 0.323 e. The molecule has 0 bridgehead atoms. The molecule has 0 saturated carbocycles. The van der Waals surface area contributed by atoms with E-state index in [0.29, 0.717) is 19.8 Å². The third-order valence-electron chi connectivity index (χ3n) is 3.92. The van der Waals surface area contributed by atoms with Crippen LogP contribution >= 0.6 is 0 Å². The van der Waals surface area contributed by atoms with Gasteiger partial charge in [-0.15, -0.1) is 0 Å². The Labute approximate surface area is 124 Å². The van der Waals surface area contributed by atoms with E-state index in [4.69, 9.17) is 9.47 Å². The van der Waals surface area contributed by atoms with Gasteiger partial charge in [-0.2, -0.15) is 5.10 Å². The number of esters is 1. The number of hydrogen-bond acceptors (Lipinski definition) is 6. The lowest BCUT2D eigenvalue weighted by Gasteiger charge is -2.34. The van der Waals surface area contributed by atoms with E-state index in [1.165, 1.54) is 0 Å². The molecule has 0 unspecified atom stereocenters. The second-order valence-corrected chi connectivity index (χ2v) is 6.62. The minimum Gasteiger partial charge on any atom is -0.464 e. The molecule has 7 heteroatoms. The number of hydrogen-bond donors (Lipinski definition) is 1. The van der Waals surface area contributed by atoms with E-state index in [0.717, 1.165) is 24.6 Å². The van der Waals surface area contributed by atoms with Gasteiger partial charge in [-0.3, -0.25) is 14.8 Å². The van der Waals surface area contributed by atoms with E-state index in [-0.39, 0.29) is 23.5 Å². The number of morpholine rings is 1. The summed E-state index contributed by atoms with van der Waals surface area (Å²) in [5.74, 6) is 1.39. The van der Waals surface area contributed by atoms with Crippen molar-refractivity contribution < 1.29 is 14.3 Å². The topological polar surface area (TPSA) is 80.3 Å². The van der Waals surface area contributed by atoms with Gasteiger partial charge in [0.05, 0.1) is 13.2 Å². The van der Waals surface area contributed by atoms with Gasteiger partial charge in [-0.25, -0.2) is 4.98 Å². The number of aromatic nitrogens is 3. The summed E-state index contributed by atoms with van der Waals surface area (Å²) in [6, 6.07) is -0.138. The van der Waals surface area contributed by atoms with E-state index in [9.17, 15) is 4.79 Å². The van der Waals surface area contributed by atoms with Crippen LogP contribution in [0.4, 0.5) is 0 Å². The Bertz CT molecular complexity index is 523. The normalized spacial score (nSPS) is 27.9. The summed E-state index contributed by atoms with van der Waals surface area (Å²) in [5, 5.41) is 7.25. The van der Waals surface area contributed by atoms with Crippen LogP contribution in [-0.2, 0) is 19.7 Å². The Morgan fingerprint density at radius 2 is 2.14 bits per heavy atom. The SMILES string of the molecule is CC(C)(C)c1n[nH]c([C@@H]2CN([C@H]3CCOC3=O)CCO2)n1. The Kier molecular flexibility index (Phi) is 3.71. The molecule has 0 spiro atoms. The van der Waals surface area contributed by atoms with Crippen molar-refractivity contribution in [2.75, 3.05) is 26.3 Å². The van der Waals surface area contributed by atoms with Crippen LogP contribution in [0, 0.1) is 0 Å². The molecule has 116 valence electrons. The van der Waals surface area contributed by atoms with E-state index in [1.54, 1.807) is 0 Å². The maximum absolute atomic E-state index is 11.7. The summed E-state index contributed by atoms with van der Waals surface area (Å²) in [7, 11) is 0. The summed E-state index contributed by atoms with van der Waals surface area (Å²) in [5.41, 5.74) is -0.0988. The van der Waals surface area contributed by atoms with Crippen molar-refractivity contribution in [3.8, 4) is 0 Å². The standard InChI is InChI=1S/C14H22N4O3/c1-14(2,3)13-15-11(16-17-13)10-8-18(5-7-20-10)9-4-6-21-12(9)19/h9-10H,4-8H2,1-3H3,(H,15,16,17)/t9-,10-/m0/s1. The molecule has 0 radical (unpaired) electrons. The molecule has 0 aromatic carbocycles. The molecule has 1 aromatic heterocycles. The van der Waals surface area contributed by atoms with Crippen molar-refractivity contribution in [2.45, 2.75) is 44.8 Å². The Morgan fingerprint density at radius 3 is 2.76 bits per heavy atom. The average molecular weight is 294 g/mol. The number of aromatic amines is 1. The van der Waals surface area contributed by atoms with Crippen LogP contribution in [0.3, 0.4) is 0 Å².